The molecular weight excluding hydrogens is 237 g/mol. The second-order valence-corrected chi connectivity index (χ2v) is 4.18. The summed E-state index contributed by atoms with van der Waals surface area (Å²) in [4.78, 5) is 0. The Morgan fingerprint density at radius 2 is 1.85 bits per heavy atom. The zero-order chi connectivity index (χ0) is 9.61. The zero-order valence-corrected chi connectivity index (χ0v) is 11.9. The van der Waals surface area contributed by atoms with Gasteiger partial charge in [-0.2, -0.15) is 11.8 Å². The quantitative estimate of drug-likeness (QED) is 0.727. The van der Waals surface area contributed by atoms with E-state index in [-0.39, 0.29) is 44.7 Å². The molecule has 0 aromatic heterocycles. The van der Waals surface area contributed by atoms with E-state index in [0.29, 0.717) is 5.92 Å². The summed E-state index contributed by atoms with van der Waals surface area (Å²) in [7, 11) is 0. The van der Waals surface area contributed by atoms with Gasteiger partial charge in [-0.15, -0.1) is 6.42 Å². The predicted octanol–water partition coefficient (Wildman–Crippen LogP) is 2.85. The molecule has 0 aliphatic rings. The third kappa shape index (κ3) is 8.08. The van der Waals surface area contributed by atoms with Gasteiger partial charge in [0.15, 0.2) is 0 Å². The fourth-order valence-corrected chi connectivity index (χ4v) is 1.81. The molecule has 13 heavy (non-hydrogen) atoms. The van der Waals surface area contributed by atoms with Crippen molar-refractivity contribution in [2.24, 2.45) is 11.3 Å². The van der Waals surface area contributed by atoms with E-state index in [2.05, 4.69) is 27.7 Å². The first-order valence-corrected chi connectivity index (χ1v) is 4.79. The molecule has 0 fully saturated rings. The van der Waals surface area contributed by atoms with Crippen LogP contribution in [0.2, 0.25) is 0 Å². The van der Waals surface area contributed by atoms with Crippen molar-refractivity contribution >= 4 is 0 Å². The summed E-state index contributed by atoms with van der Waals surface area (Å²) in [6.45, 7) is 12.7. The second-order valence-electron chi connectivity index (χ2n) is 4.18. The Balaban J connectivity index is 0. The van der Waals surface area contributed by atoms with Crippen LogP contribution in [0, 0.1) is 25.2 Å². The molecule has 0 rings (SSSR count). The first-order valence-electron chi connectivity index (χ1n) is 4.79. The first-order chi connectivity index (χ1) is 5.54. The van der Waals surface area contributed by atoms with Crippen LogP contribution < -0.4 is 0 Å². The molecule has 0 saturated heterocycles. The molecule has 0 bridgehead atoms. The molecule has 0 amide bonds. The maximum atomic E-state index is 8.88. The molecule has 0 aromatic rings. The summed E-state index contributed by atoms with van der Waals surface area (Å²) in [5, 5.41) is 8.88. The van der Waals surface area contributed by atoms with Crippen molar-refractivity contribution < 1.29 is 37.8 Å². The van der Waals surface area contributed by atoms with Crippen LogP contribution in [-0.4, -0.2) is 11.7 Å². The van der Waals surface area contributed by atoms with Gasteiger partial charge in [-0.05, 0) is 5.92 Å². The van der Waals surface area contributed by atoms with E-state index in [1.807, 2.05) is 0 Å². The molecule has 1 atom stereocenters. The van der Waals surface area contributed by atoms with E-state index >= 15 is 0 Å². The molecule has 0 aliphatic carbocycles. The minimum absolute atomic E-state index is 0. The van der Waals surface area contributed by atoms with E-state index in [4.69, 9.17) is 5.11 Å². The summed E-state index contributed by atoms with van der Waals surface area (Å²) in [5.41, 5.74) is 0.0602. The molecule has 1 N–H and O–H groups in total. The van der Waals surface area contributed by atoms with E-state index in [0.717, 1.165) is 25.7 Å². The van der Waals surface area contributed by atoms with Gasteiger partial charge in [-0.3, -0.25) is 0 Å². The molecule has 0 aromatic carbocycles. The van der Waals surface area contributed by atoms with Gasteiger partial charge in [0.1, 0.15) is 0 Å². The van der Waals surface area contributed by atoms with E-state index < -0.39 is 0 Å². The predicted molar refractivity (Wildman–Crippen MR) is 53.5 cm³/mol. The van der Waals surface area contributed by atoms with Gasteiger partial charge < -0.3 is 19.0 Å². The van der Waals surface area contributed by atoms with Crippen LogP contribution in [0.4, 0.5) is 0 Å². The Labute approximate surface area is 109 Å². The Morgan fingerprint density at radius 1 is 1.31 bits per heavy atom. The van der Waals surface area contributed by atoms with Crippen LogP contribution in [-0.2, 0) is 32.7 Å². The Kier molecular flexibility index (Phi) is 10.6. The fourth-order valence-electron chi connectivity index (χ4n) is 1.81. The third-order valence-electron chi connectivity index (χ3n) is 2.19. The SMILES string of the molecule is [CH2-]CCC([CH2-])(CCO)CC(C)C.[Y]. The summed E-state index contributed by atoms with van der Waals surface area (Å²) < 4.78 is 0. The maximum absolute atomic E-state index is 8.88. The molecule has 2 heteroatoms. The summed E-state index contributed by atoms with van der Waals surface area (Å²) >= 11 is 0. The third-order valence-corrected chi connectivity index (χ3v) is 2.19. The maximum Gasteiger partial charge on any atom is 0.0411 e. The van der Waals surface area contributed by atoms with Gasteiger partial charge >= 0.3 is 0 Å². The number of hydrogen-bond donors (Lipinski definition) is 1. The number of rotatable bonds is 6. The van der Waals surface area contributed by atoms with Crippen molar-refractivity contribution in [3.63, 3.8) is 0 Å². The average molecular weight is 259 g/mol. The van der Waals surface area contributed by atoms with Crippen molar-refractivity contribution in [3.8, 4) is 0 Å². The zero-order valence-electron chi connectivity index (χ0n) is 9.05. The van der Waals surface area contributed by atoms with Crippen LogP contribution in [0.15, 0.2) is 0 Å². The van der Waals surface area contributed by atoms with Gasteiger partial charge in [0.25, 0.3) is 0 Å². The first kappa shape index (κ1) is 16.5. The standard InChI is InChI=1S/C11H22O.Y/c1-5-6-11(4,7-8-12)9-10(2)3;/h10,12H,1,4-9H2,2-3H3;/q-2;. The van der Waals surface area contributed by atoms with E-state index in [1.54, 1.807) is 0 Å². The van der Waals surface area contributed by atoms with Crippen molar-refractivity contribution in [2.45, 2.75) is 39.5 Å². The van der Waals surface area contributed by atoms with Crippen molar-refractivity contribution in [1.82, 2.24) is 0 Å². The van der Waals surface area contributed by atoms with Gasteiger partial charge in [0.2, 0.25) is 0 Å². The van der Waals surface area contributed by atoms with Crippen molar-refractivity contribution in [1.29, 1.82) is 0 Å². The van der Waals surface area contributed by atoms with Gasteiger partial charge in [-0.25, -0.2) is 0 Å². The van der Waals surface area contributed by atoms with Crippen molar-refractivity contribution in [3.05, 3.63) is 13.8 Å². The number of aliphatic hydroxyl groups excluding tert-OH is 1. The topological polar surface area (TPSA) is 20.2 Å². The second kappa shape index (κ2) is 8.38. The minimum Gasteiger partial charge on any atom is -0.396 e. The molecular formula is C11H22OY-2. The molecule has 1 unspecified atom stereocenters. The van der Waals surface area contributed by atoms with Crippen LogP contribution in [0.25, 0.3) is 0 Å². The normalized spacial score (nSPS) is 15.2. The van der Waals surface area contributed by atoms with Gasteiger partial charge in [0, 0.05) is 39.3 Å². The largest absolute Gasteiger partial charge is 0.396 e. The van der Waals surface area contributed by atoms with E-state index in [1.165, 1.54) is 0 Å². The summed E-state index contributed by atoms with van der Waals surface area (Å²) in [6.07, 6.45) is 3.83. The van der Waals surface area contributed by atoms with Gasteiger partial charge in [-0.1, -0.05) is 26.7 Å². The number of aliphatic hydroxyl groups is 1. The molecule has 1 radical (unpaired) electrons. The van der Waals surface area contributed by atoms with Crippen LogP contribution >= 0.6 is 0 Å². The Morgan fingerprint density at radius 3 is 2.15 bits per heavy atom. The van der Waals surface area contributed by atoms with Crippen LogP contribution in [0.3, 0.4) is 0 Å². The fraction of sp³-hybridized carbons (Fsp3) is 0.818. The Bertz CT molecular complexity index is 107. The van der Waals surface area contributed by atoms with Crippen molar-refractivity contribution in [2.75, 3.05) is 6.61 Å². The van der Waals surface area contributed by atoms with Crippen LogP contribution in [0.5, 0.6) is 0 Å². The van der Waals surface area contributed by atoms with Gasteiger partial charge in [0.05, 0.1) is 0 Å². The molecule has 0 aliphatic heterocycles. The number of hydrogen-bond acceptors (Lipinski definition) is 1. The molecule has 1 nitrogen and oxygen atoms in total. The molecule has 0 heterocycles. The smallest absolute Gasteiger partial charge is 0.0411 e. The molecule has 77 valence electrons. The summed E-state index contributed by atoms with van der Waals surface area (Å²) in [5.74, 6) is 0.653. The minimum atomic E-state index is 0. The summed E-state index contributed by atoms with van der Waals surface area (Å²) in [6, 6.07) is 0. The van der Waals surface area contributed by atoms with Crippen LogP contribution in [0.1, 0.15) is 39.5 Å². The monoisotopic (exact) mass is 259 g/mol. The Hall–Kier alpha value is 1.06. The molecule has 0 spiro atoms. The molecule has 0 saturated carbocycles. The average Bonchev–Trinajstić information content (AvgIpc) is 1.85. The van der Waals surface area contributed by atoms with E-state index in [9.17, 15) is 0 Å².